The smallest absolute Gasteiger partial charge is 0.249 e. The summed E-state index contributed by atoms with van der Waals surface area (Å²) in [7, 11) is -3.67. The molecule has 0 amide bonds. The molecule has 0 saturated carbocycles. The number of rotatable bonds is 6. The summed E-state index contributed by atoms with van der Waals surface area (Å²) in [6.07, 6.45) is 2.92. The number of aromatic amines is 1. The number of nitrogens with two attached hydrogens (primary N) is 1. The number of anilines is 1. The van der Waals surface area contributed by atoms with Crippen molar-refractivity contribution >= 4 is 37.5 Å². The van der Waals surface area contributed by atoms with E-state index in [2.05, 4.69) is 20.3 Å². The molecule has 1 aromatic carbocycles. The molecule has 0 bridgehead atoms. The van der Waals surface area contributed by atoms with Crippen LogP contribution < -0.4 is 10.5 Å². The van der Waals surface area contributed by atoms with Crippen LogP contribution >= 0.6 is 11.3 Å². The lowest BCUT2D eigenvalue weighted by Gasteiger charge is -2.00. The second kappa shape index (κ2) is 6.03. The van der Waals surface area contributed by atoms with Gasteiger partial charge in [-0.1, -0.05) is 23.5 Å². The van der Waals surface area contributed by atoms with Gasteiger partial charge >= 0.3 is 0 Å². The topological polar surface area (TPSA) is 114 Å². The van der Waals surface area contributed by atoms with Gasteiger partial charge in [-0.25, -0.2) is 23.5 Å². The van der Waals surface area contributed by atoms with E-state index in [1.54, 1.807) is 0 Å². The number of nitrogens with one attached hydrogen (secondary N) is 2. The van der Waals surface area contributed by atoms with Crippen LogP contribution in [0, 0.1) is 0 Å². The van der Waals surface area contributed by atoms with Crippen molar-refractivity contribution in [3.05, 3.63) is 36.3 Å². The Balaban J connectivity index is 1.52. The summed E-state index contributed by atoms with van der Waals surface area (Å²) in [6.45, 7) is 0.675. The number of fused-ring (bicyclic) bond motifs is 1. The highest BCUT2D eigenvalue weighted by Gasteiger charge is 2.12. The fraction of sp³-hybridized carbons (Fsp3) is 0.231. The van der Waals surface area contributed by atoms with Crippen molar-refractivity contribution in [2.24, 2.45) is 5.14 Å². The summed E-state index contributed by atoms with van der Waals surface area (Å²) in [5.74, 6) is 0.937. The number of thiazole rings is 1. The van der Waals surface area contributed by atoms with E-state index in [1.165, 1.54) is 6.20 Å². The molecule has 2 aromatic heterocycles. The highest BCUT2D eigenvalue weighted by Crippen LogP contribution is 2.21. The normalized spacial score (nSPS) is 11.9. The molecule has 0 aliphatic rings. The Bertz CT molecular complexity index is 852. The number of imidazole rings is 1. The number of para-hydroxylation sites is 2. The fourth-order valence-corrected chi connectivity index (χ4v) is 3.52. The average molecular weight is 337 g/mol. The zero-order valence-electron chi connectivity index (χ0n) is 11.6. The van der Waals surface area contributed by atoms with E-state index in [-0.39, 0.29) is 4.21 Å². The molecule has 9 heteroatoms. The van der Waals surface area contributed by atoms with E-state index in [4.69, 9.17) is 5.14 Å². The van der Waals surface area contributed by atoms with Crippen molar-refractivity contribution in [2.45, 2.75) is 17.1 Å². The van der Waals surface area contributed by atoms with Crippen molar-refractivity contribution in [3.63, 3.8) is 0 Å². The number of aryl methyl sites for hydroxylation is 1. The van der Waals surface area contributed by atoms with Gasteiger partial charge in [0.25, 0.3) is 0 Å². The van der Waals surface area contributed by atoms with Crippen molar-refractivity contribution < 1.29 is 8.42 Å². The summed E-state index contributed by atoms with van der Waals surface area (Å²) in [6, 6.07) is 7.89. The number of nitrogens with zero attached hydrogens (tertiary/aromatic N) is 2. The van der Waals surface area contributed by atoms with E-state index in [9.17, 15) is 8.42 Å². The summed E-state index contributed by atoms with van der Waals surface area (Å²) in [5.41, 5.74) is 1.99. The Labute approximate surface area is 131 Å². The van der Waals surface area contributed by atoms with E-state index in [0.29, 0.717) is 11.7 Å². The standard InChI is InChI=1S/C13H15N5O2S2/c14-22(19,20)12-8-16-13(21-12)15-7-3-6-11-17-9-4-1-2-5-10(9)18-11/h1-2,4-5,8H,3,6-7H2,(H,15,16)(H,17,18)(H2,14,19,20). The Morgan fingerprint density at radius 1 is 1.32 bits per heavy atom. The van der Waals surface area contributed by atoms with Crippen molar-refractivity contribution in [1.82, 2.24) is 15.0 Å². The Kier molecular flexibility index (Phi) is 4.10. The summed E-state index contributed by atoms with van der Waals surface area (Å²) in [5, 5.41) is 8.68. The second-order valence-corrected chi connectivity index (χ2v) is 7.58. The van der Waals surface area contributed by atoms with E-state index in [1.807, 2.05) is 24.3 Å². The SMILES string of the molecule is NS(=O)(=O)c1cnc(NCCCc2nc3ccccc3[nH]2)s1. The first-order chi connectivity index (χ1) is 10.5. The van der Waals surface area contributed by atoms with Crippen LogP contribution in [-0.4, -0.2) is 29.9 Å². The monoisotopic (exact) mass is 337 g/mol. The number of sulfonamides is 1. The molecular weight excluding hydrogens is 322 g/mol. The third-order valence-corrected chi connectivity index (χ3v) is 5.43. The molecular formula is C13H15N5O2S2. The molecule has 0 saturated heterocycles. The number of hydrogen-bond donors (Lipinski definition) is 3. The first-order valence-corrected chi connectivity index (χ1v) is 9.05. The van der Waals surface area contributed by atoms with E-state index >= 15 is 0 Å². The van der Waals surface area contributed by atoms with E-state index < -0.39 is 10.0 Å². The van der Waals surface area contributed by atoms with Gasteiger partial charge < -0.3 is 10.3 Å². The van der Waals surface area contributed by atoms with Crippen LogP contribution in [0.5, 0.6) is 0 Å². The molecule has 116 valence electrons. The molecule has 0 spiro atoms. The number of hydrogen-bond acceptors (Lipinski definition) is 6. The minimum Gasteiger partial charge on any atom is -0.361 e. The molecule has 0 atom stereocenters. The van der Waals surface area contributed by atoms with Gasteiger partial charge in [0.2, 0.25) is 10.0 Å². The van der Waals surface area contributed by atoms with Gasteiger partial charge in [-0.15, -0.1) is 0 Å². The van der Waals surface area contributed by atoms with Gasteiger partial charge in [0.1, 0.15) is 5.82 Å². The number of primary sulfonamides is 1. The summed E-state index contributed by atoms with van der Waals surface area (Å²) >= 11 is 1.03. The highest BCUT2D eigenvalue weighted by atomic mass is 32.2. The Morgan fingerprint density at radius 3 is 2.86 bits per heavy atom. The lowest BCUT2D eigenvalue weighted by Crippen LogP contribution is -2.09. The largest absolute Gasteiger partial charge is 0.361 e. The molecule has 7 nitrogen and oxygen atoms in total. The quantitative estimate of drug-likeness (QED) is 0.593. The molecule has 2 heterocycles. The van der Waals surface area contributed by atoms with Gasteiger partial charge in [0.05, 0.1) is 17.2 Å². The van der Waals surface area contributed by atoms with Gasteiger partial charge in [-0.2, -0.15) is 0 Å². The number of H-pyrrole nitrogens is 1. The number of aromatic nitrogens is 3. The first-order valence-electron chi connectivity index (χ1n) is 6.68. The maximum absolute atomic E-state index is 11.2. The van der Waals surface area contributed by atoms with Crippen LogP contribution in [0.2, 0.25) is 0 Å². The van der Waals surface area contributed by atoms with Crippen LogP contribution in [0.3, 0.4) is 0 Å². The van der Waals surface area contributed by atoms with Crippen molar-refractivity contribution in [3.8, 4) is 0 Å². The van der Waals surface area contributed by atoms with Gasteiger partial charge in [0.15, 0.2) is 9.34 Å². The third-order valence-electron chi connectivity index (χ3n) is 3.07. The van der Waals surface area contributed by atoms with Crippen LogP contribution in [0.1, 0.15) is 12.2 Å². The first kappa shape index (κ1) is 14.9. The van der Waals surface area contributed by atoms with Crippen LogP contribution in [-0.2, 0) is 16.4 Å². The Hall–Kier alpha value is -1.97. The van der Waals surface area contributed by atoms with Crippen LogP contribution in [0.4, 0.5) is 5.13 Å². The van der Waals surface area contributed by atoms with Gasteiger partial charge in [-0.05, 0) is 18.6 Å². The predicted molar refractivity (Wildman–Crippen MR) is 86.4 cm³/mol. The van der Waals surface area contributed by atoms with Crippen LogP contribution in [0.15, 0.2) is 34.7 Å². The van der Waals surface area contributed by atoms with Gasteiger partial charge in [-0.3, -0.25) is 0 Å². The Morgan fingerprint density at radius 2 is 2.14 bits per heavy atom. The lowest BCUT2D eigenvalue weighted by molar-refractivity contribution is 0.599. The molecule has 0 aliphatic carbocycles. The van der Waals surface area contributed by atoms with Crippen molar-refractivity contribution in [1.29, 1.82) is 0 Å². The zero-order chi connectivity index (χ0) is 15.6. The molecule has 0 unspecified atom stereocenters. The maximum Gasteiger partial charge on any atom is 0.249 e. The molecule has 22 heavy (non-hydrogen) atoms. The molecule has 3 rings (SSSR count). The highest BCUT2D eigenvalue weighted by molar-refractivity contribution is 7.91. The minimum atomic E-state index is -3.67. The van der Waals surface area contributed by atoms with Crippen LogP contribution in [0.25, 0.3) is 11.0 Å². The van der Waals surface area contributed by atoms with Gasteiger partial charge in [0, 0.05) is 13.0 Å². The second-order valence-electron chi connectivity index (χ2n) is 4.76. The molecule has 0 aliphatic heterocycles. The van der Waals surface area contributed by atoms with Crippen molar-refractivity contribution in [2.75, 3.05) is 11.9 Å². The minimum absolute atomic E-state index is 0.0623. The molecule has 3 aromatic rings. The molecule has 4 N–H and O–H groups in total. The zero-order valence-corrected chi connectivity index (χ0v) is 13.2. The summed E-state index contributed by atoms with van der Waals surface area (Å²) < 4.78 is 22.4. The number of benzene rings is 1. The fourth-order valence-electron chi connectivity index (χ4n) is 2.05. The molecule has 0 fully saturated rings. The third kappa shape index (κ3) is 3.43. The average Bonchev–Trinajstić information content (AvgIpc) is 3.09. The molecule has 0 radical (unpaired) electrons. The predicted octanol–water partition coefficient (Wildman–Crippen LogP) is 1.71. The summed E-state index contributed by atoms with van der Waals surface area (Å²) in [4.78, 5) is 11.8. The van der Waals surface area contributed by atoms with E-state index in [0.717, 1.165) is 41.0 Å². The lowest BCUT2D eigenvalue weighted by atomic mass is 10.3. The maximum atomic E-state index is 11.2.